The molecule has 0 spiro atoms. The van der Waals surface area contributed by atoms with Gasteiger partial charge in [0.15, 0.2) is 0 Å². The number of hydrogen-bond acceptors (Lipinski definition) is 1. The van der Waals surface area contributed by atoms with Gasteiger partial charge >= 0.3 is 0 Å². The van der Waals surface area contributed by atoms with E-state index in [4.69, 9.17) is 9.52 Å². The van der Waals surface area contributed by atoms with Gasteiger partial charge in [-0.25, -0.2) is 0 Å². The van der Waals surface area contributed by atoms with Crippen LogP contribution in [0.15, 0.2) is 47.6 Å². The SMILES string of the molecule is [2H]C([2H])([2H])C(=C)/C(C)=C\C(=N)C1=CC=CCC1. The molecular formula is C13H17N. The van der Waals surface area contributed by atoms with Gasteiger partial charge in [0.05, 0.1) is 5.71 Å². The van der Waals surface area contributed by atoms with Crippen LogP contribution >= 0.6 is 0 Å². The van der Waals surface area contributed by atoms with Gasteiger partial charge < -0.3 is 5.41 Å². The van der Waals surface area contributed by atoms with Gasteiger partial charge in [-0.05, 0) is 43.8 Å². The van der Waals surface area contributed by atoms with Gasteiger partial charge in [-0.3, -0.25) is 0 Å². The van der Waals surface area contributed by atoms with Crippen molar-refractivity contribution >= 4 is 5.71 Å². The quantitative estimate of drug-likeness (QED) is 0.517. The van der Waals surface area contributed by atoms with Crippen LogP contribution in [0.5, 0.6) is 0 Å². The molecule has 0 radical (unpaired) electrons. The molecule has 1 heteroatoms. The molecule has 0 amide bonds. The molecule has 74 valence electrons. The zero-order valence-corrected chi connectivity index (χ0v) is 8.43. The average Bonchev–Trinajstić information content (AvgIpc) is 2.27. The fraction of sp³-hybridized carbons (Fsp3) is 0.308. The van der Waals surface area contributed by atoms with Gasteiger partial charge in [-0.2, -0.15) is 0 Å². The molecule has 1 rings (SSSR count). The summed E-state index contributed by atoms with van der Waals surface area (Å²) in [4.78, 5) is 0. The largest absolute Gasteiger partial charge is 0.301 e. The molecule has 0 bridgehead atoms. The number of nitrogens with one attached hydrogen (secondary N) is 1. The van der Waals surface area contributed by atoms with Crippen LogP contribution in [0.2, 0.25) is 0 Å². The summed E-state index contributed by atoms with van der Waals surface area (Å²) in [6.45, 7) is 3.07. The van der Waals surface area contributed by atoms with Crippen molar-refractivity contribution in [2.45, 2.75) is 26.6 Å². The Bertz CT molecular complexity index is 422. The van der Waals surface area contributed by atoms with Crippen molar-refractivity contribution in [3.05, 3.63) is 47.6 Å². The smallest absolute Gasteiger partial charge is 0.0574 e. The van der Waals surface area contributed by atoms with Gasteiger partial charge in [0, 0.05) is 4.11 Å². The topological polar surface area (TPSA) is 23.9 Å². The highest BCUT2D eigenvalue weighted by atomic mass is 14.4. The molecule has 0 aromatic rings. The molecule has 0 fully saturated rings. The predicted octanol–water partition coefficient (Wildman–Crippen LogP) is 3.80. The van der Waals surface area contributed by atoms with E-state index < -0.39 is 6.85 Å². The molecule has 1 nitrogen and oxygen atoms in total. The molecule has 0 aliphatic heterocycles. The van der Waals surface area contributed by atoms with E-state index in [2.05, 4.69) is 12.7 Å². The van der Waals surface area contributed by atoms with Crippen molar-refractivity contribution in [1.29, 1.82) is 5.41 Å². The second-order valence-corrected chi connectivity index (χ2v) is 3.38. The van der Waals surface area contributed by atoms with Crippen LogP contribution in [-0.4, -0.2) is 5.71 Å². The zero-order valence-electron chi connectivity index (χ0n) is 11.4. The lowest BCUT2D eigenvalue weighted by Gasteiger charge is -2.08. The summed E-state index contributed by atoms with van der Waals surface area (Å²) < 4.78 is 21.8. The Kier molecular flexibility index (Phi) is 2.37. The van der Waals surface area contributed by atoms with E-state index in [9.17, 15) is 0 Å². The van der Waals surface area contributed by atoms with Crippen LogP contribution in [0, 0.1) is 5.41 Å². The lowest BCUT2D eigenvalue weighted by Crippen LogP contribution is -2.00. The summed E-state index contributed by atoms with van der Waals surface area (Å²) in [7, 11) is 0. The van der Waals surface area contributed by atoms with Crippen molar-refractivity contribution < 1.29 is 4.11 Å². The maximum absolute atomic E-state index is 7.91. The summed E-state index contributed by atoms with van der Waals surface area (Å²) in [5.74, 6) is 0. The zero-order chi connectivity index (χ0) is 13.1. The van der Waals surface area contributed by atoms with E-state index in [1.807, 2.05) is 12.2 Å². The van der Waals surface area contributed by atoms with Crippen LogP contribution in [0.1, 0.15) is 30.7 Å². The Morgan fingerprint density at radius 2 is 2.50 bits per heavy atom. The Balaban J connectivity index is 2.82. The maximum atomic E-state index is 7.91. The van der Waals surface area contributed by atoms with Gasteiger partial charge in [-0.1, -0.05) is 30.4 Å². The Morgan fingerprint density at radius 3 is 3.07 bits per heavy atom. The van der Waals surface area contributed by atoms with E-state index in [-0.39, 0.29) is 5.57 Å². The second-order valence-electron chi connectivity index (χ2n) is 3.38. The van der Waals surface area contributed by atoms with Gasteiger partial charge in [0.2, 0.25) is 0 Å². The van der Waals surface area contributed by atoms with Gasteiger partial charge in [-0.15, -0.1) is 0 Å². The minimum atomic E-state index is -2.18. The van der Waals surface area contributed by atoms with E-state index in [1.54, 1.807) is 13.0 Å². The monoisotopic (exact) mass is 190 g/mol. The molecule has 0 atom stereocenters. The van der Waals surface area contributed by atoms with Crippen molar-refractivity contribution in [3.63, 3.8) is 0 Å². The van der Waals surface area contributed by atoms with E-state index in [0.717, 1.165) is 18.4 Å². The third-order valence-corrected chi connectivity index (χ3v) is 2.20. The first-order chi connectivity index (χ1) is 7.82. The molecule has 1 N–H and O–H groups in total. The Morgan fingerprint density at radius 1 is 1.71 bits per heavy atom. The summed E-state index contributed by atoms with van der Waals surface area (Å²) in [6.07, 6.45) is 9.22. The van der Waals surface area contributed by atoms with E-state index in [1.165, 1.54) is 0 Å². The molecule has 0 unspecified atom stereocenters. The number of allylic oxidation sites excluding steroid dienone is 7. The molecule has 0 aromatic heterocycles. The van der Waals surface area contributed by atoms with Crippen molar-refractivity contribution in [3.8, 4) is 0 Å². The van der Waals surface area contributed by atoms with Crippen LogP contribution in [0.25, 0.3) is 0 Å². The van der Waals surface area contributed by atoms with Crippen LogP contribution in [0.4, 0.5) is 0 Å². The standard InChI is InChI=1S/C13H17N/c1-10(2)11(3)9-13(14)12-7-5-4-6-8-12/h4-5,7,9,14H,1,6,8H2,2-3H3/b11-9-,14-13?/i2D3. The third kappa shape index (κ3) is 2.84. The normalized spacial score (nSPS) is 20.5. The predicted molar refractivity (Wildman–Crippen MR) is 62.8 cm³/mol. The van der Waals surface area contributed by atoms with Gasteiger partial charge in [0.1, 0.15) is 0 Å². The second kappa shape index (κ2) is 4.75. The molecule has 0 heterocycles. The van der Waals surface area contributed by atoms with Gasteiger partial charge in [0.25, 0.3) is 0 Å². The van der Waals surface area contributed by atoms with E-state index in [0.29, 0.717) is 11.3 Å². The summed E-state index contributed by atoms with van der Waals surface area (Å²) in [5.41, 5.74) is 1.96. The molecule has 0 saturated carbocycles. The van der Waals surface area contributed by atoms with Crippen molar-refractivity contribution in [2.75, 3.05) is 0 Å². The average molecular weight is 190 g/mol. The minimum Gasteiger partial charge on any atom is -0.301 e. The Hall–Kier alpha value is -1.37. The molecule has 1 aliphatic carbocycles. The Labute approximate surface area is 90.3 Å². The number of hydrogen-bond donors (Lipinski definition) is 1. The first-order valence-corrected chi connectivity index (χ1v) is 4.65. The maximum Gasteiger partial charge on any atom is 0.0574 e. The molecular weight excluding hydrogens is 170 g/mol. The first-order valence-electron chi connectivity index (χ1n) is 6.15. The minimum absolute atomic E-state index is 0.106. The van der Waals surface area contributed by atoms with Crippen LogP contribution in [-0.2, 0) is 0 Å². The lowest BCUT2D eigenvalue weighted by atomic mass is 9.98. The van der Waals surface area contributed by atoms with Crippen molar-refractivity contribution in [2.24, 2.45) is 0 Å². The summed E-state index contributed by atoms with van der Waals surface area (Å²) >= 11 is 0. The van der Waals surface area contributed by atoms with Crippen LogP contribution in [0.3, 0.4) is 0 Å². The molecule has 0 aromatic carbocycles. The van der Waals surface area contributed by atoms with Crippen LogP contribution < -0.4 is 0 Å². The first kappa shape index (κ1) is 6.99. The fourth-order valence-electron chi connectivity index (χ4n) is 1.22. The molecule has 0 saturated heterocycles. The highest BCUT2D eigenvalue weighted by Crippen LogP contribution is 2.15. The number of rotatable bonds is 3. The third-order valence-electron chi connectivity index (χ3n) is 2.20. The van der Waals surface area contributed by atoms with E-state index >= 15 is 0 Å². The molecule has 14 heavy (non-hydrogen) atoms. The molecule has 1 aliphatic rings. The fourth-order valence-corrected chi connectivity index (χ4v) is 1.22. The van der Waals surface area contributed by atoms with Crippen molar-refractivity contribution in [1.82, 2.24) is 0 Å². The lowest BCUT2D eigenvalue weighted by molar-refractivity contribution is 1.00. The highest BCUT2D eigenvalue weighted by Gasteiger charge is 2.04. The highest BCUT2D eigenvalue weighted by molar-refractivity contribution is 6.07. The summed E-state index contributed by atoms with van der Waals surface area (Å²) in [5, 5.41) is 7.91. The summed E-state index contributed by atoms with van der Waals surface area (Å²) in [6, 6.07) is 0.